The molecule has 1 aliphatic rings. The van der Waals surface area contributed by atoms with Crippen LogP contribution < -0.4 is 5.32 Å². The minimum Gasteiger partial charge on any atom is -0.325 e. The Labute approximate surface area is 179 Å². The summed E-state index contributed by atoms with van der Waals surface area (Å²) in [4.78, 5) is 14.1. The molecule has 1 unspecified atom stereocenters. The largest absolute Gasteiger partial charge is 0.325 e. The minimum absolute atomic E-state index is 0.00535. The zero-order valence-electron chi connectivity index (χ0n) is 17.2. The van der Waals surface area contributed by atoms with Crippen LogP contribution in [0.4, 0.5) is 5.69 Å². The predicted molar refractivity (Wildman–Crippen MR) is 121 cm³/mol. The smallest absolute Gasteiger partial charge is 0.237 e. The van der Waals surface area contributed by atoms with E-state index in [1.807, 2.05) is 32.0 Å². The molecule has 0 spiro atoms. The average Bonchev–Trinajstić information content (AvgIpc) is 3.21. The molecule has 152 valence electrons. The van der Waals surface area contributed by atoms with Crippen molar-refractivity contribution in [3.05, 3.63) is 46.8 Å². The molecule has 4 rings (SSSR count). The molecule has 2 aromatic heterocycles. The number of nitrogens with one attached hydrogen (secondary N) is 1. The molecule has 5 nitrogen and oxygen atoms in total. The number of thioether (sulfide) groups is 1. The van der Waals surface area contributed by atoms with Gasteiger partial charge in [-0.15, -0.1) is 21.5 Å². The van der Waals surface area contributed by atoms with Crippen LogP contribution in [-0.2, 0) is 4.79 Å². The number of aromatic nitrogens is 3. The number of carbonyl (C=O) groups excluding carboxylic acids is 1. The van der Waals surface area contributed by atoms with Gasteiger partial charge in [0.1, 0.15) is 0 Å². The highest BCUT2D eigenvalue weighted by molar-refractivity contribution is 8.00. The van der Waals surface area contributed by atoms with Crippen molar-refractivity contribution in [1.82, 2.24) is 14.8 Å². The van der Waals surface area contributed by atoms with E-state index in [0.29, 0.717) is 12.0 Å². The van der Waals surface area contributed by atoms with E-state index in [-0.39, 0.29) is 11.2 Å². The van der Waals surface area contributed by atoms with Crippen LogP contribution in [0, 0.1) is 6.92 Å². The molecule has 1 atom stereocenters. The molecule has 0 radical (unpaired) electrons. The summed E-state index contributed by atoms with van der Waals surface area (Å²) < 4.78 is 2.22. The van der Waals surface area contributed by atoms with Gasteiger partial charge in [0.2, 0.25) is 5.91 Å². The number of nitrogens with zero attached hydrogens (tertiary/aromatic N) is 3. The molecular formula is C22H26N4OS2. The van der Waals surface area contributed by atoms with Crippen molar-refractivity contribution in [2.45, 2.75) is 62.9 Å². The first-order valence-corrected chi connectivity index (χ1v) is 11.8. The van der Waals surface area contributed by atoms with Gasteiger partial charge in [-0.1, -0.05) is 49.9 Å². The molecule has 3 aromatic rings. The lowest BCUT2D eigenvalue weighted by molar-refractivity contribution is -0.115. The van der Waals surface area contributed by atoms with E-state index in [0.717, 1.165) is 45.5 Å². The van der Waals surface area contributed by atoms with E-state index < -0.39 is 0 Å². The van der Waals surface area contributed by atoms with Crippen LogP contribution in [0.5, 0.6) is 0 Å². The molecule has 7 heteroatoms. The molecular weight excluding hydrogens is 400 g/mol. The fraction of sp³-hybridized carbons (Fsp3) is 0.409. The van der Waals surface area contributed by atoms with Crippen LogP contribution in [0.15, 0.2) is 40.9 Å². The molecule has 0 aliphatic heterocycles. The average molecular weight is 427 g/mol. The van der Waals surface area contributed by atoms with Crippen LogP contribution >= 0.6 is 23.1 Å². The van der Waals surface area contributed by atoms with Crippen molar-refractivity contribution < 1.29 is 4.79 Å². The lowest BCUT2D eigenvalue weighted by atomic mass is 9.98. The van der Waals surface area contributed by atoms with Crippen LogP contribution in [0.25, 0.3) is 10.7 Å². The number of aryl methyl sites for hydroxylation is 1. The minimum atomic E-state index is -0.271. The molecule has 1 saturated carbocycles. The molecule has 0 bridgehead atoms. The number of hydrogen-bond acceptors (Lipinski definition) is 5. The Morgan fingerprint density at radius 2 is 2.00 bits per heavy atom. The van der Waals surface area contributed by atoms with E-state index in [1.165, 1.54) is 11.8 Å². The first-order chi connectivity index (χ1) is 14.0. The van der Waals surface area contributed by atoms with Crippen LogP contribution in [0.2, 0.25) is 0 Å². The second-order valence-electron chi connectivity index (χ2n) is 7.83. The van der Waals surface area contributed by atoms with Crippen molar-refractivity contribution >= 4 is 34.7 Å². The third-order valence-corrected chi connectivity index (χ3v) is 7.07. The summed E-state index contributed by atoms with van der Waals surface area (Å²) in [5, 5.41) is 14.6. The van der Waals surface area contributed by atoms with Gasteiger partial charge in [0.05, 0.1) is 10.1 Å². The summed E-state index contributed by atoms with van der Waals surface area (Å²) in [6.45, 7) is 8.26. The molecule has 29 heavy (non-hydrogen) atoms. The highest BCUT2D eigenvalue weighted by Gasteiger charge is 2.32. The molecule has 1 N–H and O–H groups in total. The van der Waals surface area contributed by atoms with Gasteiger partial charge in [0.25, 0.3) is 0 Å². The summed E-state index contributed by atoms with van der Waals surface area (Å²) in [5.41, 5.74) is 3.18. The first-order valence-electron chi connectivity index (χ1n) is 10.0. The van der Waals surface area contributed by atoms with Gasteiger partial charge in [0.15, 0.2) is 11.0 Å². The summed E-state index contributed by atoms with van der Waals surface area (Å²) in [6.07, 6.45) is 2.29. The Balaban J connectivity index is 1.54. The van der Waals surface area contributed by atoms with Crippen LogP contribution in [0.3, 0.4) is 0 Å². The predicted octanol–water partition coefficient (Wildman–Crippen LogP) is 5.89. The zero-order valence-corrected chi connectivity index (χ0v) is 18.8. The van der Waals surface area contributed by atoms with Crippen LogP contribution in [-0.4, -0.2) is 25.9 Å². The highest BCUT2D eigenvalue weighted by atomic mass is 32.2. The fourth-order valence-electron chi connectivity index (χ4n) is 3.37. The Morgan fingerprint density at radius 1 is 1.21 bits per heavy atom. The molecule has 2 heterocycles. The van der Waals surface area contributed by atoms with Gasteiger partial charge >= 0.3 is 0 Å². The van der Waals surface area contributed by atoms with Crippen molar-refractivity contribution in [1.29, 1.82) is 0 Å². The molecule has 1 fully saturated rings. The topological polar surface area (TPSA) is 59.8 Å². The Bertz CT molecular complexity index is 1010. The second-order valence-corrected chi connectivity index (χ2v) is 10.1. The van der Waals surface area contributed by atoms with Crippen molar-refractivity contribution in [2.24, 2.45) is 0 Å². The normalized spacial score (nSPS) is 14.9. The van der Waals surface area contributed by atoms with Crippen molar-refractivity contribution in [3.63, 3.8) is 0 Å². The van der Waals surface area contributed by atoms with Gasteiger partial charge in [-0.25, -0.2) is 0 Å². The summed E-state index contributed by atoms with van der Waals surface area (Å²) in [5.74, 6) is 1.26. The number of thiophene rings is 1. The fourth-order valence-corrected chi connectivity index (χ4v) is 5.00. The van der Waals surface area contributed by atoms with Crippen molar-refractivity contribution in [3.8, 4) is 10.7 Å². The maximum atomic E-state index is 13.0. The number of para-hydroxylation sites is 1. The standard InChI is InChI=1S/C22H26N4OS2/c1-13(2)17-8-5-7-14(3)19(17)23-21(27)15(4)29-22-25-24-20(18-9-6-12-28-18)26(22)16-10-11-16/h5-9,12-13,15-16H,10-11H2,1-4H3,(H,23,27). The quantitative estimate of drug-likeness (QED) is 0.478. The van der Waals surface area contributed by atoms with Gasteiger partial charge in [-0.05, 0) is 55.2 Å². The second kappa shape index (κ2) is 8.32. The van der Waals surface area contributed by atoms with E-state index in [2.05, 4.69) is 51.4 Å². The Hall–Kier alpha value is -2.12. The summed E-state index contributed by atoms with van der Waals surface area (Å²) in [6, 6.07) is 10.7. The van der Waals surface area contributed by atoms with Crippen LogP contribution in [0.1, 0.15) is 56.7 Å². The third-order valence-electron chi connectivity index (χ3n) is 5.14. The van der Waals surface area contributed by atoms with Gasteiger partial charge < -0.3 is 5.32 Å². The Kier molecular flexibility index (Phi) is 5.79. The van der Waals surface area contributed by atoms with E-state index in [9.17, 15) is 4.79 Å². The maximum Gasteiger partial charge on any atom is 0.237 e. The van der Waals surface area contributed by atoms with E-state index in [1.54, 1.807) is 11.3 Å². The monoisotopic (exact) mass is 426 g/mol. The van der Waals surface area contributed by atoms with Gasteiger partial charge in [-0.2, -0.15) is 0 Å². The summed E-state index contributed by atoms with van der Waals surface area (Å²) in [7, 11) is 0. The van der Waals surface area contributed by atoms with E-state index in [4.69, 9.17) is 0 Å². The maximum absolute atomic E-state index is 13.0. The van der Waals surface area contributed by atoms with Gasteiger partial charge in [-0.3, -0.25) is 9.36 Å². The lowest BCUT2D eigenvalue weighted by Crippen LogP contribution is -2.24. The molecule has 0 saturated heterocycles. The number of amides is 1. The lowest BCUT2D eigenvalue weighted by Gasteiger charge is -2.18. The summed E-state index contributed by atoms with van der Waals surface area (Å²) >= 11 is 3.16. The molecule has 1 aliphatic carbocycles. The van der Waals surface area contributed by atoms with E-state index >= 15 is 0 Å². The highest BCUT2D eigenvalue weighted by Crippen LogP contribution is 2.42. The number of rotatable bonds is 7. The first kappa shape index (κ1) is 20.2. The van der Waals surface area contributed by atoms with Crippen molar-refractivity contribution in [2.75, 3.05) is 5.32 Å². The SMILES string of the molecule is Cc1cccc(C(C)C)c1NC(=O)C(C)Sc1nnc(-c2cccs2)n1C1CC1. The Morgan fingerprint density at radius 3 is 2.66 bits per heavy atom. The number of hydrogen-bond donors (Lipinski definition) is 1. The molecule has 1 aromatic carbocycles. The number of anilines is 1. The number of benzene rings is 1. The third kappa shape index (κ3) is 4.26. The number of carbonyl (C=O) groups is 1. The van der Waals surface area contributed by atoms with Gasteiger partial charge in [0, 0.05) is 11.7 Å². The zero-order chi connectivity index (χ0) is 20.5. The molecule has 1 amide bonds.